The normalized spacial score (nSPS) is 54.8. The van der Waals surface area contributed by atoms with E-state index in [2.05, 4.69) is 27.7 Å². The van der Waals surface area contributed by atoms with Crippen molar-refractivity contribution < 1.29 is 0 Å². The van der Waals surface area contributed by atoms with E-state index in [0.717, 1.165) is 29.1 Å². The van der Waals surface area contributed by atoms with Crippen LogP contribution in [-0.2, 0) is 0 Å². The Morgan fingerprint density at radius 2 is 1.82 bits per heavy atom. The molecule has 0 saturated heterocycles. The van der Waals surface area contributed by atoms with Gasteiger partial charge in [0.25, 0.3) is 0 Å². The largest absolute Gasteiger partial charge is 0.0622 e. The van der Waals surface area contributed by atoms with E-state index >= 15 is 0 Å². The van der Waals surface area contributed by atoms with E-state index in [1.165, 1.54) is 12.8 Å². The third-order valence-corrected chi connectivity index (χ3v) is 4.75. The molecule has 0 amide bonds. The van der Waals surface area contributed by atoms with Crippen molar-refractivity contribution in [2.45, 2.75) is 40.5 Å². The first-order valence-corrected chi connectivity index (χ1v) is 5.08. The van der Waals surface area contributed by atoms with Crippen LogP contribution in [0.3, 0.4) is 0 Å². The molecule has 0 aromatic heterocycles. The predicted molar refractivity (Wildman–Crippen MR) is 48.3 cm³/mol. The SMILES string of the molecule is CC1CC2(C(C)C)CC1C2C. The molecule has 3 aliphatic carbocycles. The highest BCUT2D eigenvalue weighted by molar-refractivity contribution is 5.09. The Balaban J connectivity index is 2.19. The average molecular weight is 152 g/mol. The molecule has 0 heterocycles. The van der Waals surface area contributed by atoms with Crippen LogP contribution in [0.25, 0.3) is 0 Å². The average Bonchev–Trinajstić information content (AvgIpc) is 2.38. The van der Waals surface area contributed by atoms with Crippen LogP contribution in [-0.4, -0.2) is 0 Å². The second-order valence-electron chi connectivity index (χ2n) is 5.23. The highest BCUT2D eigenvalue weighted by atomic mass is 14.7. The quantitative estimate of drug-likeness (QED) is 0.540. The highest BCUT2D eigenvalue weighted by Gasteiger charge is 2.60. The molecule has 3 fully saturated rings. The lowest BCUT2D eigenvalue weighted by molar-refractivity contribution is -0.00373. The summed E-state index contributed by atoms with van der Waals surface area (Å²) in [5.41, 5.74) is 0.768. The molecule has 0 radical (unpaired) electrons. The third kappa shape index (κ3) is 0.711. The fourth-order valence-corrected chi connectivity index (χ4v) is 3.78. The van der Waals surface area contributed by atoms with Crippen LogP contribution < -0.4 is 0 Å². The van der Waals surface area contributed by atoms with Crippen LogP contribution in [0.2, 0.25) is 0 Å². The van der Waals surface area contributed by atoms with Crippen molar-refractivity contribution in [3.05, 3.63) is 0 Å². The molecule has 4 unspecified atom stereocenters. The van der Waals surface area contributed by atoms with Gasteiger partial charge in [-0.15, -0.1) is 0 Å². The van der Waals surface area contributed by atoms with Gasteiger partial charge in [0, 0.05) is 0 Å². The molecule has 0 nitrogen and oxygen atoms in total. The first-order valence-electron chi connectivity index (χ1n) is 5.08. The minimum absolute atomic E-state index is 0.768. The van der Waals surface area contributed by atoms with Crippen molar-refractivity contribution in [1.82, 2.24) is 0 Å². The van der Waals surface area contributed by atoms with E-state index in [-0.39, 0.29) is 0 Å². The first-order chi connectivity index (χ1) is 5.08. The van der Waals surface area contributed by atoms with Crippen molar-refractivity contribution in [2.75, 3.05) is 0 Å². The summed E-state index contributed by atoms with van der Waals surface area (Å²) in [5, 5.41) is 0. The number of hydrogen-bond donors (Lipinski definition) is 0. The fraction of sp³-hybridized carbons (Fsp3) is 1.00. The van der Waals surface area contributed by atoms with E-state index in [0.29, 0.717) is 0 Å². The van der Waals surface area contributed by atoms with Gasteiger partial charge in [-0.25, -0.2) is 0 Å². The first kappa shape index (κ1) is 7.64. The maximum Gasteiger partial charge on any atom is -0.0241 e. The second-order valence-corrected chi connectivity index (χ2v) is 5.23. The Morgan fingerprint density at radius 3 is 2.00 bits per heavy atom. The molecule has 11 heavy (non-hydrogen) atoms. The van der Waals surface area contributed by atoms with Gasteiger partial charge < -0.3 is 0 Å². The zero-order chi connectivity index (χ0) is 8.22. The van der Waals surface area contributed by atoms with Crippen molar-refractivity contribution in [3.8, 4) is 0 Å². The third-order valence-electron chi connectivity index (χ3n) is 4.75. The molecule has 2 bridgehead atoms. The smallest absolute Gasteiger partial charge is 0.0241 e. The molecule has 64 valence electrons. The summed E-state index contributed by atoms with van der Waals surface area (Å²) in [6.45, 7) is 9.73. The maximum absolute atomic E-state index is 2.47. The van der Waals surface area contributed by atoms with Crippen LogP contribution in [0, 0.1) is 29.1 Å². The van der Waals surface area contributed by atoms with Gasteiger partial charge in [-0.05, 0) is 41.9 Å². The van der Waals surface area contributed by atoms with Crippen molar-refractivity contribution in [1.29, 1.82) is 0 Å². The molecule has 0 aromatic carbocycles. The molecule has 3 saturated carbocycles. The summed E-state index contributed by atoms with van der Waals surface area (Å²) in [7, 11) is 0. The molecule has 0 aliphatic heterocycles. The van der Waals surface area contributed by atoms with Gasteiger partial charge in [0.05, 0.1) is 0 Å². The molecule has 3 rings (SSSR count). The van der Waals surface area contributed by atoms with Crippen molar-refractivity contribution in [2.24, 2.45) is 29.1 Å². The van der Waals surface area contributed by atoms with Gasteiger partial charge in [-0.2, -0.15) is 0 Å². The lowest BCUT2D eigenvalue weighted by Gasteiger charge is -2.49. The summed E-state index contributed by atoms with van der Waals surface area (Å²) >= 11 is 0. The Labute approximate surface area is 70.4 Å². The Kier molecular flexibility index (Phi) is 1.41. The molecule has 0 aromatic rings. The van der Waals surface area contributed by atoms with Gasteiger partial charge in [0.1, 0.15) is 0 Å². The molecule has 4 atom stereocenters. The standard InChI is InChI=1S/C11H20/c1-7(2)11-5-8(3)10(6-11)9(11)4/h7-10H,5-6H2,1-4H3. The lowest BCUT2D eigenvalue weighted by Crippen LogP contribution is -2.42. The Morgan fingerprint density at radius 1 is 1.18 bits per heavy atom. The van der Waals surface area contributed by atoms with Crippen LogP contribution in [0.1, 0.15) is 40.5 Å². The number of rotatable bonds is 1. The van der Waals surface area contributed by atoms with Gasteiger partial charge in [0.2, 0.25) is 0 Å². The van der Waals surface area contributed by atoms with E-state index in [1.807, 2.05) is 0 Å². The van der Waals surface area contributed by atoms with Crippen LogP contribution >= 0.6 is 0 Å². The highest BCUT2D eigenvalue weighted by Crippen LogP contribution is 2.68. The lowest BCUT2D eigenvalue weighted by atomic mass is 9.56. The van der Waals surface area contributed by atoms with Crippen molar-refractivity contribution >= 4 is 0 Å². The van der Waals surface area contributed by atoms with Crippen LogP contribution in [0.5, 0.6) is 0 Å². The predicted octanol–water partition coefficient (Wildman–Crippen LogP) is 3.32. The summed E-state index contributed by atoms with van der Waals surface area (Å²) in [6.07, 6.45) is 3.05. The van der Waals surface area contributed by atoms with E-state index in [9.17, 15) is 0 Å². The van der Waals surface area contributed by atoms with Gasteiger partial charge in [0.15, 0.2) is 0 Å². The minimum Gasteiger partial charge on any atom is -0.0622 e. The van der Waals surface area contributed by atoms with Crippen LogP contribution in [0.15, 0.2) is 0 Å². The molecular weight excluding hydrogens is 132 g/mol. The Bertz CT molecular complexity index is 171. The molecular formula is C11H20. The minimum atomic E-state index is 0.768. The number of hydrogen-bond acceptors (Lipinski definition) is 0. The zero-order valence-electron chi connectivity index (χ0n) is 8.22. The van der Waals surface area contributed by atoms with Gasteiger partial charge in [-0.3, -0.25) is 0 Å². The molecule has 3 aliphatic rings. The summed E-state index contributed by atoms with van der Waals surface area (Å²) in [6, 6.07) is 0. The van der Waals surface area contributed by atoms with Gasteiger partial charge in [-0.1, -0.05) is 27.7 Å². The molecule has 0 heteroatoms. The molecule has 0 spiro atoms. The number of fused-ring (bicyclic) bond motifs is 1. The monoisotopic (exact) mass is 152 g/mol. The Hall–Kier alpha value is 0. The summed E-state index contributed by atoms with van der Waals surface area (Å²) in [5.74, 6) is 4.04. The second kappa shape index (κ2) is 2.02. The van der Waals surface area contributed by atoms with E-state index < -0.39 is 0 Å². The maximum atomic E-state index is 2.47. The van der Waals surface area contributed by atoms with E-state index in [4.69, 9.17) is 0 Å². The van der Waals surface area contributed by atoms with E-state index in [1.54, 1.807) is 0 Å². The molecule has 0 N–H and O–H groups in total. The van der Waals surface area contributed by atoms with Gasteiger partial charge >= 0.3 is 0 Å². The summed E-state index contributed by atoms with van der Waals surface area (Å²) in [4.78, 5) is 0. The van der Waals surface area contributed by atoms with Crippen molar-refractivity contribution in [3.63, 3.8) is 0 Å². The topological polar surface area (TPSA) is 0 Å². The fourth-order valence-electron chi connectivity index (χ4n) is 3.78. The zero-order valence-corrected chi connectivity index (χ0v) is 8.22. The summed E-state index contributed by atoms with van der Waals surface area (Å²) < 4.78 is 0. The van der Waals surface area contributed by atoms with Crippen LogP contribution in [0.4, 0.5) is 0 Å².